The molecule has 0 radical (unpaired) electrons. The summed E-state index contributed by atoms with van der Waals surface area (Å²) in [6, 6.07) is 20.7. The Balaban J connectivity index is 1.67. The van der Waals surface area contributed by atoms with Gasteiger partial charge >= 0.3 is 0 Å². The van der Waals surface area contributed by atoms with Crippen molar-refractivity contribution in [2.24, 2.45) is 5.14 Å². The van der Waals surface area contributed by atoms with Gasteiger partial charge in [0.15, 0.2) is 0 Å². The first kappa shape index (κ1) is 24.7. The maximum absolute atomic E-state index is 13.6. The lowest BCUT2D eigenvalue weighted by atomic mass is 10.1. The predicted octanol–water partition coefficient (Wildman–Crippen LogP) is 1.90. The van der Waals surface area contributed by atoms with Crippen LogP contribution in [0.2, 0.25) is 0 Å². The Morgan fingerprint density at radius 2 is 1.37 bits per heavy atom. The van der Waals surface area contributed by atoms with Crippen molar-refractivity contribution in [2.45, 2.75) is 28.7 Å². The molecule has 9 nitrogen and oxygen atoms in total. The Kier molecular flexibility index (Phi) is 6.86. The molecule has 1 fully saturated rings. The number of imide groups is 1. The van der Waals surface area contributed by atoms with E-state index in [9.17, 15) is 26.4 Å². The van der Waals surface area contributed by atoms with Gasteiger partial charge < -0.3 is 0 Å². The Labute approximate surface area is 203 Å². The SMILES string of the molecule is NS(=O)(=O)c1ccc(N2C(=O)CC(N(CCc3ccccc3)S(=O)(=O)c3ccccc3)C2=O)cc1. The topological polar surface area (TPSA) is 135 Å². The van der Waals surface area contributed by atoms with E-state index in [1.54, 1.807) is 18.2 Å². The molecule has 3 aromatic rings. The van der Waals surface area contributed by atoms with Crippen molar-refractivity contribution in [2.75, 3.05) is 11.4 Å². The number of hydrogen-bond acceptors (Lipinski definition) is 6. The highest BCUT2D eigenvalue weighted by molar-refractivity contribution is 7.89. The van der Waals surface area contributed by atoms with Gasteiger partial charge in [-0.3, -0.25) is 9.59 Å². The summed E-state index contributed by atoms with van der Waals surface area (Å²) in [5.74, 6) is -1.29. The third-order valence-electron chi connectivity index (χ3n) is 5.71. The quantitative estimate of drug-likeness (QED) is 0.457. The fourth-order valence-corrected chi connectivity index (χ4v) is 6.07. The van der Waals surface area contributed by atoms with Crippen LogP contribution in [0.5, 0.6) is 0 Å². The van der Waals surface area contributed by atoms with E-state index in [0.29, 0.717) is 6.42 Å². The van der Waals surface area contributed by atoms with Crippen LogP contribution in [0.25, 0.3) is 0 Å². The van der Waals surface area contributed by atoms with E-state index >= 15 is 0 Å². The zero-order valence-electron chi connectivity index (χ0n) is 18.5. The molecule has 1 saturated heterocycles. The molecule has 0 aliphatic carbocycles. The molecule has 2 amide bonds. The third kappa shape index (κ3) is 5.17. The van der Waals surface area contributed by atoms with Gasteiger partial charge in [0.25, 0.3) is 5.91 Å². The monoisotopic (exact) mass is 513 g/mol. The van der Waals surface area contributed by atoms with Gasteiger partial charge in [0.05, 0.1) is 21.9 Å². The summed E-state index contributed by atoms with van der Waals surface area (Å²) in [5.41, 5.74) is 1.02. The Morgan fingerprint density at radius 1 is 0.800 bits per heavy atom. The lowest BCUT2D eigenvalue weighted by Gasteiger charge is -2.27. The number of nitrogens with two attached hydrogens (primary N) is 1. The highest BCUT2D eigenvalue weighted by Gasteiger charge is 2.46. The molecule has 1 atom stereocenters. The highest BCUT2D eigenvalue weighted by Crippen LogP contribution is 2.30. The maximum atomic E-state index is 13.6. The van der Waals surface area contributed by atoms with Gasteiger partial charge in [0.2, 0.25) is 26.0 Å². The van der Waals surface area contributed by atoms with Gasteiger partial charge in [-0.2, -0.15) is 4.31 Å². The van der Waals surface area contributed by atoms with Crippen molar-refractivity contribution < 1.29 is 26.4 Å². The number of sulfonamides is 2. The molecular formula is C24H23N3O6S2. The number of benzene rings is 3. The number of carbonyl (C=O) groups is 2. The molecule has 4 rings (SSSR count). The molecule has 0 bridgehead atoms. The first-order valence-electron chi connectivity index (χ1n) is 10.7. The molecular weight excluding hydrogens is 490 g/mol. The van der Waals surface area contributed by atoms with Crippen molar-refractivity contribution in [1.29, 1.82) is 0 Å². The molecule has 1 aliphatic heterocycles. The lowest BCUT2D eigenvalue weighted by Crippen LogP contribution is -2.46. The van der Waals surface area contributed by atoms with Crippen molar-refractivity contribution in [3.63, 3.8) is 0 Å². The van der Waals surface area contributed by atoms with Crippen LogP contribution in [0.1, 0.15) is 12.0 Å². The second-order valence-corrected chi connectivity index (χ2v) is 11.4. The smallest absolute Gasteiger partial charge is 0.252 e. The number of primary sulfonamides is 1. The molecule has 35 heavy (non-hydrogen) atoms. The van der Waals surface area contributed by atoms with Crippen LogP contribution in [-0.2, 0) is 36.1 Å². The Morgan fingerprint density at radius 3 is 1.94 bits per heavy atom. The van der Waals surface area contributed by atoms with E-state index in [0.717, 1.165) is 14.8 Å². The molecule has 2 N–H and O–H groups in total. The third-order valence-corrected chi connectivity index (χ3v) is 8.56. The zero-order chi connectivity index (χ0) is 25.2. The fraction of sp³-hybridized carbons (Fsp3) is 0.167. The van der Waals surface area contributed by atoms with Crippen molar-refractivity contribution >= 4 is 37.5 Å². The molecule has 1 aliphatic rings. The van der Waals surface area contributed by atoms with E-state index in [1.165, 1.54) is 36.4 Å². The number of rotatable bonds is 8. The normalized spacial score (nSPS) is 16.7. The summed E-state index contributed by atoms with van der Waals surface area (Å²) in [5, 5.41) is 5.11. The molecule has 1 heterocycles. The average Bonchev–Trinajstić information content (AvgIpc) is 3.13. The van der Waals surface area contributed by atoms with Crippen LogP contribution in [-0.4, -0.2) is 45.5 Å². The van der Waals surface area contributed by atoms with Gasteiger partial charge in [0.1, 0.15) is 6.04 Å². The van der Waals surface area contributed by atoms with Gasteiger partial charge in [-0.05, 0) is 48.4 Å². The van der Waals surface area contributed by atoms with E-state index in [-0.39, 0.29) is 28.4 Å². The largest absolute Gasteiger partial charge is 0.274 e. The number of anilines is 1. The van der Waals surface area contributed by atoms with Crippen LogP contribution in [0.3, 0.4) is 0 Å². The minimum absolute atomic E-state index is 0.0108. The predicted molar refractivity (Wildman–Crippen MR) is 129 cm³/mol. The van der Waals surface area contributed by atoms with Crippen LogP contribution >= 0.6 is 0 Å². The summed E-state index contributed by atoms with van der Waals surface area (Å²) in [6.45, 7) is -0.0108. The van der Waals surface area contributed by atoms with Gasteiger partial charge in [0, 0.05) is 6.54 Å². The minimum Gasteiger partial charge on any atom is -0.274 e. The Bertz CT molecular complexity index is 1440. The highest BCUT2D eigenvalue weighted by atomic mass is 32.2. The standard InChI is InChI=1S/C24H23N3O6S2/c25-34(30,31)20-13-11-19(12-14-20)27-23(28)17-22(24(27)29)26(16-15-18-7-3-1-4-8-18)35(32,33)21-9-5-2-6-10-21/h1-14,22H,15-17H2,(H2,25,30,31). The fourth-order valence-electron chi connectivity index (χ4n) is 3.95. The summed E-state index contributed by atoms with van der Waals surface area (Å²) in [7, 11) is -8.06. The first-order valence-corrected chi connectivity index (χ1v) is 13.7. The second-order valence-electron chi connectivity index (χ2n) is 7.99. The molecule has 3 aromatic carbocycles. The summed E-state index contributed by atoms with van der Waals surface area (Å²) >= 11 is 0. The van der Waals surface area contributed by atoms with Gasteiger partial charge in [-0.25, -0.2) is 26.9 Å². The number of nitrogens with zero attached hydrogens (tertiary/aromatic N) is 2. The van der Waals surface area contributed by atoms with E-state index in [4.69, 9.17) is 5.14 Å². The van der Waals surface area contributed by atoms with Crippen molar-refractivity contribution in [3.05, 3.63) is 90.5 Å². The average molecular weight is 514 g/mol. The molecule has 1 unspecified atom stereocenters. The van der Waals surface area contributed by atoms with Gasteiger partial charge in [-0.1, -0.05) is 48.5 Å². The molecule has 182 valence electrons. The summed E-state index contributed by atoms with van der Waals surface area (Å²) in [6.07, 6.45) is 0.00452. The molecule has 0 spiro atoms. The van der Waals surface area contributed by atoms with Gasteiger partial charge in [-0.15, -0.1) is 0 Å². The Hall–Kier alpha value is -3.38. The van der Waals surface area contributed by atoms with Crippen LogP contribution in [0.4, 0.5) is 5.69 Å². The zero-order valence-corrected chi connectivity index (χ0v) is 20.2. The summed E-state index contributed by atoms with van der Waals surface area (Å²) in [4.78, 5) is 27.0. The van der Waals surface area contributed by atoms with E-state index < -0.39 is 37.9 Å². The molecule has 0 saturated carbocycles. The van der Waals surface area contributed by atoms with Crippen LogP contribution in [0.15, 0.2) is 94.7 Å². The maximum Gasteiger partial charge on any atom is 0.252 e. The number of carbonyl (C=O) groups excluding carboxylic acids is 2. The lowest BCUT2D eigenvalue weighted by molar-refractivity contribution is -0.122. The minimum atomic E-state index is -4.10. The molecule has 0 aromatic heterocycles. The van der Waals surface area contributed by atoms with Crippen molar-refractivity contribution in [1.82, 2.24) is 4.31 Å². The molecule has 11 heteroatoms. The second kappa shape index (κ2) is 9.70. The number of amides is 2. The number of hydrogen-bond donors (Lipinski definition) is 1. The van der Waals surface area contributed by atoms with E-state index in [2.05, 4.69) is 0 Å². The van der Waals surface area contributed by atoms with E-state index in [1.807, 2.05) is 30.3 Å². The first-order chi connectivity index (χ1) is 16.6. The van der Waals surface area contributed by atoms with Crippen LogP contribution < -0.4 is 10.0 Å². The van der Waals surface area contributed by atoms with Crippen molar-refractivity contribution in [3.8, 4) is 0 Å². The summed E-state index contributed by atoms with van der Waals surface area (Å²) < 4.78 is 51.2. The van der Waals surface area contributed by atoms with Crippen LogP contribution in [0, 0.1) is 0 Å².